The van der Waals surface area contributed by atoms with Gasteiger partial charge in [0.15, 0.2) is 0 Å². The molecule has 3 heterocycles. The molecule has 1 fully saturated rings. The molecule has 0 spiro atoms. The van der Waals surface area contributed by atoms with Gasteiger partial charge in [-0.25, -0.2) is 0 Å². The van der Waals surface area contributed by atoms with E-state index in [1.807, 2.05) is 47.3 Å². The number of fused-ring (bicyclic) bond motifs is 1. The fourth-order valence-corrected chi connectivity index (χ4v) is 3.46. The van der Waals surface area contributed by atoms with Crippen molar-refractivity contribution in [1.29, 1.82) is 0 Å². The highest BCUT2D eigenvalue weighted by atomic mass is 16.3. The third kappa shape index (κ3) is 3.21. The Morgan fingerprint density at radius 3 is 2.76 bits per heavy atom. The van der Waals surface area contributed by atoms with Crippen molar-refractivity contribution < 1.29 is 14.0 Å². The first-order valence-electron chi connectivity index (χ1n) is 8.72. The maximum Gasteiger partial charge on any atom is 0.270 e. The number of nitrogens with zero attached hydrogens (tertiary/aromatic N) is 3. The zero-order chi connectivity index (χ0) is 18.1. The summed E-state index contributed by atoms with van der Waals surface area (Å²) in [5, 5.41) is 0.914. The number of hydrogen-bond acceptors (Lipinski definition) is 3. The van der Waals surface area contributed by atoms with Crippen LogP contribution in [0.2, 0.25) is 0 Å². The number of piperazine rings is 1. The summed E-state index contributed by atoms with van der Waals surface area (Å²) in [4.78, 5) is 28.8. The Bertz CT molecular complexity index is 817. The smallest absolute Gasteiger partial charge is 0.270 e. The van der Waals surface area contributed by atoms with Crippen LogP contribution in [-0.4, -0.2) is 51.9 Å². The van der Waals surface area contributed by atoms with Gasteiger partial charge in [-0.1, -0.05) is 19.1 Å². The van der Waals surface area contributed by atoms with E-state index in [9.17, 15) is 9.59 Å². The number of carbonyl (C=O) groups is 2. The molecule has 0 bridgehead atoms. The average molecular weight is 343 g/mol. The van der Waals surface area contributed by atoms with E-state index in [4.69, 9.17) is 4.42 Å². The molecular formula is C19H25N3O3. The number of furan rings is 1. The zero-order valence-corrected chi connectivity index (χ0v) is 15.1. The van der Waals surface area contributed by atoms with Crippen molar-refractivity contribution in [1.82, 2.24) is 14.4 Å². The van der Waals surface area contributed by atoms with E-state index in [0.29, 0.717) is 44.0 Å². The van der Waals surface area contributed by atoms with Gasteiger partial charge in [-0.2, -0.15) is 0 Å². The van der Waals surface area contributed by atoms with Gasteiger partial charge in [0, 0.05) is 44.0 Å². The zero-order valence-electron chi connectivity index (χ0n) is 15.1. The SMILES string of the molecule is C=C(C)Cn1c(C(=O)N2CCN(C(=O)CC)[C@@H](C)C2)cc2ccoc21. The summed E-state index contributed by atoms with van der Waals surface area (Å²) < 4.78 is 7.43. The fraction of sp³-hybridized carbons (Fsp3) is 0.474. The molecule has 6 nitrogen and oxygen atoms in total. The molecule has 1 aliphatic rings. The van der Waals surface area contributed by atoms with Gasteiger partial charge in [0.25, 0.3) is 5.91 Å². The first-order chi connectivity index (χ1) is 11.9. The highest BCUT2D eigenvalue weighted by Crippen LogP contribution is 2.24. The lowest BCUT2D eigenvalue weighted by molar-refractivity contribution is -0.134. The van der Waals surface area contributed by atoms with Crippen molar-refractivity contribution in [2.45, 2.75) is 39.8 Å². The maximum absolute atomic E-state index is 13.1. The van der Waals surface area contributed by atoms with Gasteiger partial charge in [0.2, 0.25) is 11.6 Å². The predicted molar refractivity (Wildman–Crippen MR) is 96.4 cm³/mol. The Morgan fingerprint density at radius 2 is 2.12 bits per heavy atom. The normalized spacial score (nSPS) is 18.0. The standard InChI is InChI=1S/C19H25N3O3/c1-5-17(23)21-8-7-20(12-14(21)4)18(24)16-10-15-6-9-25-19(15)22(16)11-13(2)3/h6,9-10,14H,2,5,7-8,11-12H2,1,3-4H3/t14-/m0/s1. The molecule has 0 aliphatic carbocycles. The van der Waals surface area contributed by atoms with Crippen molar-refractivity contribution >= 4 is 22.9 Å². The largest absolute Gasteiger partial charge is 0.448 e. The van der Waals surface area contributed by atoms with Gasteiger partial charge >= 0.3 is 0 Å². The monoisotopic (exact) mass is 343 g/mol. The van der Waals surface area contributed by atoms with Gasteiger partial charge < -0.3 is 18.8 Å². The summed E-state index contributed by atoms with van der Waals surface area (Å²) >= 11 is 0. The Balaban J connectivity index is 1.84. The maximum atomic E-state index is 13.1. The number of amides is 2. The van der Waals surface area contributed by atoms with Crippen LogP contribution in [0.1, 0.15) is 37.7 Å². The van der Waals surface area contributed by atoms with Crippen LogP contribution in [0, 0.1) is 0 Å². The Kier molecular flexibility index (Phi) is 4.70. The molecule has 2 aromatic heterocycles. The molecule has 0 saturated carbocycles. The van der Waals surface area contributed by atoms with E-state index in [0.717, 1.165) is 11.0 Å². The summed E-state index contributed by atoms with van der Waals surface area (Å²) in [6, 6.07) is 3.76. The Hall–Kier alpha value is -2.50. The van der Waals surface area contributed by atoms with Crippen LogP contribution >= 0.6 is 0 Å². The van der Waals surface area contributed by atoms with Gasteiger partial charge in [-0.3, -0.25) is 9.59 Å². The van der Waals surface area contributed by atoms with Crippen LogP contribution in [0.3, 0.4) is 0 Å². The number of aromatic nitrogens is 1. The molecule has 2 amide bonds. The van der Waals surface area contributed by atoms with E-state index in [2.05, 4.69) is 6.58 Å². The molecule has 0 aromatic carbocycles. The van der Waals surface area contributed by atoms with Crippen LogP contribution in [0.5, 0.6) is 0 Å². The summed E-state index contributed by atoms with van der Waals surface area (Å²) in [5.74, 6) is 0.117. The molecule has 0 unspecified atom stereocenters. The van der Waals surface area contributed by atoms with Crippen LogP contribution in [-0.2, 0) is 11.3 Å². The minimum Gasteiger partial charge on any atom is -0.448 e. The molecule has 1 aliphatic heterocycles. The molecule has 2 aromatic rings. The Labute approximate surface area is 147 Å². The number of allylic oxidation sites excluding steroid dienone is 1. The summed E-state index contributed by atoms with van der Waals surface area (Å²) in [5.41, 5.74) is 2.26. The lowest BCUT2D eigenvalue weighted by Gasteiger charge is -2.39. The number of carbonyl (C=O) groups excluding carboxylic acids is 2. The van der Waals surface area contributed by atoms with Crippen LogP contribution in [0.4, 0.5) is 0 Å². The molecule has 1 saturated heterocycles. The third-order valence-electron chi connectivity index (χ3n) is 4.69. The van der Waals surface area contributed by atoms with Crippen molar-refractivity contribution in [3.8, 4) is 0 Å². The lowest BCUT2D eigenvalue weighted by Crippen LogP contribution is -2.55. The molecule has 3 rings (SSSR count). The molecular weight excluding hydrogens is 318 g/mol. The minimum atomic E-state index is -0.0249. The molecule has 134 valence electrons. The quantitative estimate of drug-likeness (QED) is 0.802. The van der Waals surface area contributed by atoms with Gasteiger partial charge in [0.05, 0.1) is 6.26 Å². The Morgan fingerprint density at radius 1 is 1.36 bits per heavy atom. The number of hydrogen-bond donors (Lipinski definition) is 0. The lowest BCUT2D eigenvalue weighted by atomic mass is 10.1. The highest BCUT2D eigenvalue weighted by molar-refractivity contribution is 5.98. The first-order valence-corrected chi connectivity index (χ1v) is 8.72. The number of rotatable bonds is 4. The van der Waals surface area contributed by atoms with Gasteiger partial charge in [-0.15, -0.1) is 0 Å². The second kappa shape index (κ2) is 6.78. The predicted octanol–water partition coefficient (Wildman–Crippen LogP) is 2.89. The average Bonchev–Trinajstić information content (AvgIpc) is 3.15. The van der Waals surface area contributed by atoms with Crippen LogP contribution < -0.4 is 0 Å². The van der Waals surface area contributed by atoms with E-state index in [-0.39, 0.29) is 17.9 Å². The first kappa shape index (κ1) is 17.3. The summed E-state index contributed by atoms with van der Waals surface area (Å²) in [6.07, 6.45) is 2.13. The minimum absolute atomic E-state index is 0.0249. The third-order valence-corrected chi connectivity index (χ3v) is 4.69. The summed E-state index contributed by atoms with van der Waals surface area (Å²) in [6.45, 7) is 12.0. The second-order valence-electron chi connectivity index (χ2n) is 6.79. The van der Waals surface area contributed by atoms with Gasteiger partial charge in [0.1, 0.15) is 5.69 Å². The van der Waals surface area contributed by atoms with Crippen molar-refractivity contribution in [3.05, 3.63) is 36.2 Å². The molecule has 6 heteroatoms. The molecule has 0 N–H and O–H groups in total. The highest BCUT2D eigenvalue weighted by Gasteiger charge is 2.31. The van der Waals surface area contributed by atoms with E-state index in [1.165, 1.54) is 0 Å². The molecule has 25 heavy (non-hydrogen) atoms. The van der Waals surface area contributed by atoms with Crippen LogP contribution in [0.15, 0.2) is 35.0 Å². The topological polar surface area (TPSA) is 58.7 Å². The van der Waals surface area contributed by atoms with Crippen molar-refractivity contribution in [2.24, 2.45) is 0 Å². The van der Waals surface area contributed by atoms with Crippen molar-refractivity contribution in [2.75, 3.05) is 19.6 Å². The molecule has 0 radical (unpaired) electrons. The summed E-state index contributed by atoms with van der Waals surface area (Å²) in [7, 11) is 0. The van der Waals surface area contributed by atoms with E-state index >= 15 is 0 Å². The van der Waals surface area contributed by atoms with Crippen molar-refractivity contribution in [3.63, 3.8) is 0 Å². The molecule has 1 atom stereocenters. The van der Waals surface area contributed by atoms with Gasteiger partial charge in [-0.05, 0) is 26.0 Å². The van der Waals surface area contributed by atoms with Crippen LogP contribution in [0.25, 0.3) is 11.1 Å². The van der Waals surface area contributed by atoms with E-state index < -0.39 is 0 Å². The fourth-order valence-electron chi connectivity index (χ4n) is 3.46. The second-order valence-corrected chi connectivity index (χ2v) is 6.79. The van der Waals surface area contributed by atoms with E-state index in [1.54, 1.807) is 6.26 Å².